The summed E-state index contributed by atoms with van der Waals surface area (Å²) in [5.41, 5.74) is -1.08. The van der Waals surface area contributed by atoms with Crippen LogP contribution in [0.2, 0.25) is 0 Å². The van der Waals surface area contributed by atoms with Crippen molar-refractivity contribution in [3.63, 3.8) is 0 Å². The molecule has 1 heterocycles. The summed E-state index contributed by atoms with van der Waals surface area (Å²) in [6.45, 7) is 6.99. The molecule has 0 radical (unpaired) electrons. The minimum atomic E-state index is -1.08. The molecule has 0 aliphatic carbocycles. The number of carbonyl (C=O) groups is 2. The van der Waals surface area contributed by atoms with Crippen molar-refractivity contribution in [3.05, 3.63) is 12.3 Å². The van der Waals surface area contributed by atoms with Crippen molar-refractivity contribution in [1.82, 2.24) is 9.78 Å². The van der Waals surface area contributed by atoms with E-state index in [9.17, 15) is 9.59 Å². The number of amides is 1. The zero-order chi connectivity index (χ0) is 13.9. The average Bonchev–Trinajstić information content (AvgIpc) is 2.64. The van der Waals surface area contributed by atoms with Crippen molar-refractivity contribution in [3.8, 4) is 0 Å². The molecule has 0 bridgehead atoms. The molecule has 1 aromatic heterocycles. The number of carbonyl (C=O) groups excluding carboxylic acids is 1. The number of carboxylic acid groups (broad SMARTS) is 1. The molecule has 0 unspecified atom stereocenters. The summed E-state index contributed by atoms with van der Waals surface area (Å²) in [5, 5.41) is 15.7. The van der Waals surface area contributed by atoms with Crippen LogP contribution in [0.5, 0.6) is 0 Å². The highest BCUT2D eigenvalue weighted by Gasteiger charge is 2.30. The second-order valence-corrected chi connectivity index (χ2v) is 5.19. The summed E-state index contributed by atoms with van der Waals surface area (Å²) in [4.78, 5) is 22.6. The third-order valence-electron chi connectivity index (χ3n) is 2.59. The normalized spacial score (nSPS) is 11.6. The minimum Gasteiger partial charge on any atom is -0.481 e. The van der Waals surface area contributed by atoms with Gasteiger partial charge in [0.1, 0.15) is 0 Å². The van der Waals surface area contributed by atoms with E-state index in [-0.39, 0.29) is 18.4 Å². The van der Waals surface area contributed by atoms with E-state index in [0.29, 0.717) is 5.82 Å². The topological polar surface area (TPSA) is 84.2 Å². The lowest BCUT2D eigenvalue weighted by Gasteiger charge is -2.17. The molecule has 1 amide bonds. The van der Waals surface area contributed by atoms with Crippen LogP contribution >= 0.6 is 0 Å². The summed E-state index contributed by atoms with van der Waals surface area (Å²) in [5.74, 6) is -0.906. The number of aliphatic carboxylic acids is 1. The molecular weight excluding hydrogens is 234 g/mol. The third-order valence-corrected chi connectivity index (χ3v) is 2.59. The van der Waals surface area contributed by atoms with Gasteiger partial charge in [-0.15, -0.1) is 0 Å². The van der Waals surface area contributed by atoms with E-state index in [4.69, 9.17) is 5.11 Å². The Labute approximate surface area is 106 Å². The van der Waals surface area contributed by atoms with Gasteiger partial charge in [0.25, 0.3) is 0 Å². The van der Waals surface area contributed by atoms with E-state index in [1.807, 2.05) is 13.8 Å². The van der Waals surface area contributed by atoms with Crippen molar-refractivity contribution >= 4 is 17.7 Å². The van der Waals surface area contributed by atoms with E-state index in [2.05, 4.69) is 10.4 Å². The summed E-state index contributed by atoms with van der Waals surface area (Å²) in [7, 11) is 0. The van der Waals surface area contributed by atoms with Crippen LogP contribution in [0.3, 0.4) is 0 Å². The van der Waals surface area contributed by atoms with Crippen molar-refractivity contribution in [2.45, 2.75) is 40.2 Å². The van der Waals surface area contributed by atoms with Gasteiger partial charge in [-0.3, -0.25) is 14.3 Å². The van der Waals surface area contributed by atoms with Gasteiger partial charge < -0.3 is 10.4 Å². The average molecular weight is 253 g/mol. The molecule has 0 aromatic carbocycles. The van der Waals surface area contributed by atoms with Crippen LogP contribution in [0, 0.1) is 5.41 Å². The van der Waals surface area contributed by atoms with Gasteiger partial charge in [-0.05, 0) is 27.7 Å². The predicted molar refractivity (Wildman–Crippen MR) is 67.3 cm³/mol. The van der Waals surface area contributed by atoms with Crippen LogP contribution < -0.4 is 5.32 Å². The first-order valence-electron chi connectivity index (χ1n) is 5.81. The molecule has 0 atom stereocenters. The predicted octanol–water partition coefficient (Wildman–Crippen LogP) is 1.90. The van der Waals surface area contributed by atoms with E-state index in [1.54, 1.807) is 16.9 Å². The van der Waals surface area contributed by atoms with E-state index < -0.39 is 11.4 Å². The van der Waals surface area contributed by atoms with Crippen LogP contribution in [-0.2, 0) is 9.59 Å². The number of nitrogens with one attached hydrogen (secondary N) is 1. The van der Waals surface area contributed by atoms with Gasteiger partial charge in [-0.25, -0.2) is 0 Å². The van der Waals surface area contributed by atoms with Gasteiger partial charge in [0.15, 0.2) is 5.82 Å². The first-order valence-corrected chi connectivity index (χ1v) is 5.81. The van der Waals surface area contributed by atoms with Gasteiger partial charge in [-0.2, -0.15) is 5.10 Å². The number of hydrogen-bond donors (Lipinski definition) is 2. The Hall–Kier alpha value is -1.85. The molecule has 2 N–H and O–H groups in total. The van der Waals surface area contributed by atoms with Crippen LogP contribution in [0.25, 0.3) is 0 Å². The maximum absolute atomic E-state index is 11.7. The molecule has 1 aromatic rings. The lowest BCUT2D eigenvalue weighted by Crippen LogP contribution is -2.29. The highest BCUT2D eigenvalue weighted by molar-refractivity contribution is 5.93. The Kier molecular flexibility index (Phi) is 4.11. The first-order chi connectivity index (χ1) is 8.22. The van der Waals surface area contributed by atoms with E-state index in [1.165, 1.54) is 13.8 Å². The molecule has 0 saturated heterocycles. The highest BCUT2D eigenvalue weighted by atomic mass is 16.4. The maximum Gasteiger partial charge on any atom is 0.309 e. The minimum absolute atomic E-state index is 0.0864. The molecule has 0 aliphatic heterocycles. The van der Waals surface area contributed by atoms with Crippen LogP contribution in [0.15, 0.2) is 12.3 Å². The first kappa shape index (κ1) is 14.2. The Morgan fingerprint density at radius 3 is 2.56 bits per heavy atom. The number of hydrogen-bond acceptors (Lipinski definition) is 3. The molecule has 0 saturated carbocycles. The van der Waals surface area contributed by atoms with Gasteiger partial charge in [0.05, 0.1) is 5.41 Å². The standard InChI is InChI=1S/C12H19N3O3/c1-8(2)15-6-5-9(14-15)13-10(16)7-12(3,4)11(17)18/h5-6,8H,7H2,1-4H3,(H,17,18)(H,13,14,16). The molecule has 6 nitrogen and oxygen atoms in total. The Bertz CT molecular complexity index is 449. The largest absolute Gasteiger partial charge is 0.481 e. The molecule has 0 fully saturated rings. The van der Waals surface area contributed by atoms with E-state index >= 15 is 0 Å². The number of rotatable bonds is 5. The van der Waals surface area contributed by atoms with Crippen molar-refractivity contribution in [2.24, 2.45) is 5.41 Å². The molecular formula is C12H19N3O3. The van der Waals surface area contributed by atoms with Crippen LogP contribution in [0.4, 0.5) is 5.82 Å². The van der Waals surface area contributed by atoms with Crippen molar-refractivity contribution in [2.75, 3.05) is 5.32 Å². The van der Waals surface area contributed by atoms with Crippen molar-refractivity contribution < 1.29 is 14.7 Å². The number of anilines is 1. The molecule has 18 heavy (non-hydrogen) atoms. The Morgan fingerprint density at radius 1 is 1.50 bits per heavy atom. The van der Waals surface area contributed by atoms with Crippen LogP contribution in [0.1, 0.15) is 40.2 Å². The summed E-state index contributed by atoms with van der Waals surface area (Å²) >= 11 is 0. The van der Waals surface area contributed by atoms with Gasteiger partial charge in [0, 0.05) is 24.7 Å². The quantitative estimate of drug-likeness (QED) is 0.839. The summed E-state index contributed by atoms with van der Waals surface area (Å²) < 4.78 is 1.72. The molecule has 0 spiro atoms. The van der Waals surface area contributed by atoms with E-state index in [0.717, 1.165) is 0 Å². The molecule has 1 rings (SSSR count). The lowest BCUT2D eigenvalue weighted by molar-refractivity contribution is -0.148. The fourth-order valence-corrected chi connectivity index (χ4v) is 1.36. The second-order valence-electron chi connectivity index (χ2n) is 5.19. The van der Waals surface area contributed by atoms with Crippen molar-refractivity contribution in [1.29, 1.82) is 0 Å². The highest BCUT2D eigenvalue weighted by Crippen LogP contribution is 2.21. The zero-order valence-electron chi connectivity index (χ0n) is 11.1. The zero-order valence-corrected chi connectivity index (χ0v) is 11.1. The second kappa shape index (κ2) is 5.20. The number of aromatic nitrogens is 2. The Morgan fingerprint density at radius 2 is 2.11 bits per heavy atom. The van der Waals surface area contributed by atoms with Crippen LogP contribution in [-0.4, -0.2) is 26.8 Å². The van der Waals surface area contributed by atoms with Gasteiger partial charge in [0.2, 0.25) is 5.91 Å². The molecule has 100 valence electrons. The van der Waals surface area contributed by atoms with Gasteiger partial charge in [-0.1, -0.05) is 0 Å². The number of nitrogens with zero attached hydrogens (tertiary/aromatic N) is 2. The maximum atomic E-state index is 11.7. The smallest absolute Gasteiger partial charge is 0.309 e. The SMILES string of the molecule is CC(C)n1ccc(NC(=O)CC(C)(C)C(=O)O)n1. The monoisotopic (exact) mass is 253 g/mol. The number of carboxylic acids is 1. The fourth-order valence-electron chi connectivity index (χ4n) is 1.36. The third kappa shape index (κ3) is 3.58. The van der Waals surface area contributed by atoms with Gasteiger partial charge >= 0.3 is 5.97 Å². The Balaban J connectivity index is 2.62. The summed E-state index contributed by atoms with van der Waals surface area (Å²) in [6, 6.07) is 1.90. The summed E-state index contributed by atoms with van der Waals surface area (Å²) in [6.07, 6.45) is 1.68. The fraction of sp³-hybridized carbons (Fsp3) is 0.583. The molecule has 6 heteroatoms. The molecule has 0 aliphatic rings. The lowest BCUT2D eigenvalue weighted by atomic mass is 9.89.